The van der Waals surface area contributed by atoms with Gasteiger partial charge in [-0.15, -0.1) is 0 Å². The van der Waals surface area contributed by atoms with Crippen LogP contribution in [0, 0.1) is 0 Å². The smallest absolute Gasteiger partial charge is 0.235 e. The summed E-state index contributed by atoms with van der Waals surface area (Å²) >= 11 is 3.12. The lowest BCUT2D eigenvalue weighted by Gasteiger charge is -2.14. The van der Waals surface area contributed by atoms with Crippen LogP contribution in [0.2, 0.25) is 0 Å². The van der Waals surface area contributed by atoms with Crippen LogP contribution < -0.4 is 10.1 Å². The maximum atomic E-state index is 11.4. The van der Waals surface area contributed by atoms with E-state index in [-0.39, 0.29) is 17.3 Å². The fraction of sp³-hybridized carbons (Fsp3) is 0.462. The number of amides is 1. The van der Waals surface area contributed by atoms with Gasteiger partial charge >= 0.3 is 0 Å². The van der Waals surface area contributed by atoms with E-state index in [0.29, 0.717) is 18.0 Å². The number of carbonyl (C=O) groups excluding carboxylic acids is 1. The molecule has 4 nitrogen and oxygen atoms in total. The number of anilines is 1. The van der Waals surface area contributed by atoms with E-state index in [1.165, 1.54) is 0 Å². The third kappa shape index (κ3) is 3.71. The van der Waals surface area contributed by atoms with Gasteiger partial charge in [0.25, 0.3) is 0 Å². The summed E-state index contributed by atoms with van der Waals surface area (Å²) < 4.78 is 11.2. The second-order valence-corrected chi connectivity index (χ2v) is 4.68. The standard InChI is InChI=1S/C13H16BrNO3/c14-8-13(16)15-11-5-1-2-6-12(11)18-9-10-4-3-7-17-10/h1-2,5-6,10H,3-4,7-9H2,(H,15,16)/t10-/m0/s1. The first-order valence-corrected chi connectivity index (χ1v) is 7.11. The van der Waals surface area contributed by atoms with Crippen LogP contribution in [0.25, 0.3) is 0 Å². The highest BCUT2D eigenvalue weighted by atomic mass is 79.9. The number of halogens is 1. The molecule has 98 valence electrons. The van der Waals surface area contributed by atoms with E-state index < -0.39 is 0 Å². The molecular formula is C13H16BrNO3. The molecule has 1 atom stereocenters. The summed E-state index contributed by atoms with van der Waals surface area (Å²) in [7, 11) is 0. The van der Waals surface area contributed by atoms with Crippen molar-refractivity contribution in [1.29, 1.82) is 0 Å². The van der Waals surface area contributed by atoms with Gasteiger partial charge in [-0.1, -0.05) is 28.1 Å². The second-order valence-electron chi connectivity index (χ2n) is 4.12. The predicted octanol–water partition coefficient (Wildman–Crippen LogP) is 2.58. The monoisotopic (exact) mass is 313 g/mol. The molecule has 0 aromatic heterocycles. The molecule has 2 rings (SSSR count). The molecule has 1 fully saturated rings. The van der Waals surface area contributed by atoms with Gasteiger partial charge in [0.1, 0.15) is 12.4 Å². The molecule has 1 N–H and O–H groups in total. The Morgan fingerprint density at radius 2 is 2.33 bits per heavy atom. The Bertz CT molecular complexity index is 405. The van der Waals surface area contributed by atoms with Gasteiger partial charge < -0.3 is 14.8 Å². The Morgan fingerprint density at radius 3 is 3.06 bits per heavy atom. The molecule has 18 heavy (non-hydrogen) atoms. The van der Waals surface area contributed by atoms with Crippen molar-refractivity contribution < 1.29 is 14.3 Å². The van der Waals surface area contributed by atoms with Gasteiger partial charge in [-0.25, -0.2) is 0 Å². The van der Waals surface area contributed by atoms with E-state index in [4.69, 9.17) is 9.47 Å². The van der Waals surface area contributed by atoms with E-state index >= 15 is 0 Å². The number of hydrogen-bond acceptors (Lipinski definition) is 3. The lowest BCUT2D eigenvalue weighted by molar-refractivity contribution is -0.113. The van der Waals surface area contributed by atoms with E-state index in [2.05, 4.69) is 21.2 Å². The van der Waals surface area contributed by atoms with Crippen LogP contribution in [0.3, 0.4) is 0 Å². The average Bonchev–Trinajstić information content (AvgIpc) is 2.91. The summed E-state index contributed by atoms with van der Waals surface area (Å²) in [4.78, 5) is 11.4. The van der Waals surface area contributed by atoms with Crippen molar-refractivity contribution >= 4 is 27.5 Å². The normalized spacial score (nSPS) is 18.6. The quantitative estimate of drug-likeness (QED) is 0.850. The van der Waals surface area contributed by atoms with Crippen LogP contribution in [0.15, 0.2) is 24.3 Å². The summed E-state index contributed by atoms with van der Waals surface area (Å²) in [6.07, 6.45) is 2.30. The zero-order valence-corrected chi connectivity index (χ0v) is 11.6. The van der Waals surface area contributed by atoms with Gasteiger partial charge in [0.05, 0.1) is 17.1 Å². The topological polar surface area (TPSA) is 47.6 Å². The lowest BCUT2D eigenvalue weighted by atomic mass is 10.2. The largest absolute Gasteiger partial charge is 0.489 e. The molecule has 0 radical (unpaired) electrons. The molecule has 0 bridgehead atoms. The van der Waals surface area contributed by atoms with Crippen molar-refractivity contribution in [3.63, 3.8) is 0 Å². The maximum absolute atomic E-state index is 11.4. The minimum absolute atomic E-state index is 0.0943. The number of ether oxygens (including phenoxy) is 2. The first-order valence-electron chi connectivity index (χ1n) is 5.99. The van der Waals surface area contributed by atoms with Crippen molar-refractivity contribution in [3.8, 4) is 5.75 Å². The highest BCUT2D eigenvalue weighted by Crippen LogP contribution is 2.25. The van der Waals surface area contributed by atoms with Crippen molar-refractivity contribution in [2.45, 2.75) is 18.9 Å². The van der Waals surface area contributed by atoms with Gasteiger partial charge in [0.15, 0.2) is 0 Å². The fourth-order valence-electron chi connectivity index (χ4n) is 1.84. The van der Waals surface area contributed by atoms with Crippen molar-refractivity contribution in [2.24, 2.45) is 0 Å². The van der Waals surface area contributed by atoms with E-state index in [1.807, 2.05) is 24.3 Å². The van der Waals surface area contributed by atoms with Gasteiger partial charge in [0.2, 0.25) is 5.91 Å². The minimum atomic E-state index is -0.0943. The van der Waals surface area contributed by atoms with E-state index in [1.54, 1.807) is 0 Å². The summed E-state index contributed by atoms with van der Waals surface area (Å²) in [5, 5.41) is 3.05. The molecule has 1 heterocycles. The van der Waals surface area contributed by atoms with Gasteiger partial charge in [-0.3, -0.25) is 4.79 Å². The highest BCUT2D eigenvalue weighted by molar-refractivity contribution is 9.09. The van der Waals surface area contributed by atoms with Crippen LogP contribution in [0.4, 0.5) is 5.69 Å². The van der Waals surface area contributed by atoms with E-state index in [9.17, 15) is 4.79 Å². The van der Waals surface area contributed by atoms with Crippen LogP contribution in [0.1, 0.15) is 12.8 Å². The molecule has 1 aromatic rings. The van der Waals surface area contributed by atoms with Crippen molar-refractivity contribution in [2.75, 3.05) is 23.9 Å². The predicted molar refractivity (Wildman–Crippen MR) is 73.3 cm³/mol. The van der Waals surface area contributed by atoms with Gasteiger partial charge in [0, 0.05) is 6.61 Å². The lowest BCUT2D eigenvalue weighted by Crippen LogP contribution is -2.18. The fourth-order valence-corrected chi connectivity index (χ4v) is 1.98. The Balaban J connectivity index is 1.95. The first kappa shape index (κ1) is 13.4. The third-order valence-electron chi connectivity index (χ3n) is 2.73. The summed E-state index contributed by atoms with van der Waals surface area (Å²) in [5.74, 6) is 0.588. The summed E-state index contributed by atoms with van der Waals surface area (Å²) in [5.41, 5.74) is 0.694. The highest BCUT2D eigenvalue weighted by Gasteiger charge is 2.16. The molecule has 1 aliphatic rings. The number of benzene rings is 1. The maximum Gasteiger partial charge on any atom is 0.235 e. The van der Waals surface area contributed by atoms with Crippen LogP contribution >= 0.6 is 15.9 Å². The number of hydrogen-bond donors (Lipinski definition) is 1. The van der Waals surface area contributed by atoms with Gasteiger partial charge in [-0.2, -0.15) is 0 Å². The third-order valence-corrected chi connectivity index (χ3v) is 3.24. The van der Waals surface area contributed by atoms with Gasteiger partial charge in [-0.05, 0) is 25.0 Å². The number of carbonyl (C=O) groups is 1. The minimum Gasteiger partial charge on any atom is -0.489 e. The Hall–Kier alpha value is -1.07. The van der Waals surface area contributed by atoms with E-state index in [0.717, 1.165) is 19.4 Å². The van der Waals surface area contributed by atoms with Crippen LogP contribution in [0.5, 0.6) is 5.75 Å². The molecule has 5 heteroatoms. The molecule has 0 aliphatic carbocycles. The molecule has 0 spiro atoms. The Labute approximate surface area is 115 Å². The van der Waals surface area contributed by atoms with Crippen molar-refractivity contribution in [3.05, 3.63) is 24.3 Å². The molecule has 0 unspecified atom stereocenters. The zero-order valence-electron chi connectivity index (χ0n) is 10.0. The van der Waals surface area contributed by atoms with Crippen LogP contribution in [-0.2, 0) is 9.53 Å². The average molecular weight is 314 g/mol. The number of rotatable bonds is 5. The summed E-state index contributed by atoms with van der Waals surface area (Å²) in [6, 6.07) is 7.42. The first-order chi connectivity index (χ1) is 8.79. The number of alkyl halides is 1. The Morgan fingerprint density at radius 1 is 1.50 bits per heavy atom. The molecule has 1 aliphatic heterocycles. The summed E-state index contributed by atoms with van der Waals surface area (Å²) in [6.45, 7) is 1.34. The number of nitrogens with one attached hydrogen (secondary N) is 1. The zero-order chi connectivity index (χ0) is 12.8. The van der Waals surface area contributed by atoms with Crippen LogP contribution in [-0.4, -0.2) is 30.6 Å². The number of para-hydroxylation sites is 2. The molecular weight excluding hydrogens is 298 g/mol. The molecule has 1 amide bonds. The second kappa shape index (κ2) is 6.75. The van der Waals surface area contributed by atoms with Crippen molar-refractivity contribution in [1.82, 2.24) is 0 Å². The molecule has 0 saturated carbocycles. The Kier molecular flexibility index (Phi) is 5.01. The molecule has 1 saturated heterocycles. The SMILES string of the molecule is O=C(CBr)Nc1ccccc1OC[C@@H]1CCCO1. The molecule has 1 aromatic carbocycles.